The van der Waals surface area contributed by atoms with Gasteiger partial charge in [0.15, 0.2) is 17.2 Å². The van der Waals surface area contributed by atoms with Gasteiger partial charge in [-0.25, -0.2) is 34.0 Å². The summed E-state index contributed by atoms with van der Waals surface area (Å²) in [5.74, 6) is 1.22. The third-order valence-corrected chi connectivity index (χ3v) is 6.97. The Bertz CT molecular complexity index is 1670. The van der Waals surface area contributed by atoms with Crippen LogP contribution in [-0.4, -0.2) is 53.1 Å². The smallest absolute Gasteiger partial charge is 0.434 e. The number of nitrogens with zero attached hydrogens (tertiary/aromatic N) is 8. The normalized spacial score (nSPS) is 14.6. The van der Waals surface area contributed by atoms with Gasteiger partial charge in [-0.05, 0) is 25.3 Å². The molecule has 0 saturated heterocycles. The SMILES string of the molecule is COc1ncnc(C2CC2)c1-c1ncc2cnn(C(C)c3ccc(-c4nc(C(F)(F)F)cn4CCF)cc3)c2n1. The van der Waals surface area contributed by atoms with Crippen LogP contribution in [0, 0.1) is 0 Å². The molecule has 1 saturated carbocycles. The highest BCUT2D eigenvalue weighted by molar-refractivity contribution is 5.77. The zero-order valence-electron chi connectivity index (χ0n) is 21.6. The van der Waals surface area contributed by atoms with E-state index in [1.165, 1.54) is 10.9 Å². The number of alkyl halides is 4. The number of methoxy groups -OCH3 is 1. The molecule has 1 fully saturated rings. The molecule has 1 aliphatic carbocycles. The number of fused-ring (bicyclic) bond motifs is 1. The van der Waals surface area contributed by atoms with Crippen LogP contribution in [0.25, 0.3) is 33.8 Å². The molecule has 6 rings (SSSR count). The molecule has 9 nitrogen and oxygen atoms in total. The topological polar surface area (TPSA) is 96.4 Å². The van der Waals surface area contributed by atoms with Crippen molar-refractivity contribution in [1.29, 1.82) is 0 Å². The second kappa shape index (κ2) is 9.96. The standard InChI is InChI=1S/C27H24F4N8O/c1-15(16-3-7-18(8-4-16)24-36-20(27(29,30)31)13-38(24)10-9-28)39-25-19(12-35-39)11-32-23(37-25)21-22(17-5-6-17)33-14-34-26(21)40-2/h3-4,7-8,11-15,17H,5-6,9-10H2,1-2H3. The fourth-order valence-electron chi connectivity index (χ4n) is 4.75. The van der Waals surface area contributed by atoms with Gasteiger partial charge in [0.1, 0.15) is 24.4 Å². The van der Waals surface area contributed by atoms with Gasteiger partial charge in [0.2, 0.25) is 5.88 Å². The predicted octanol–water partition coefficient (Wildman–Crippen LogP) is 5.63. The monoisotopic (exact) mass is 552 g/mol. The molecule has 40 heavy (non-hydrogen) atoms. The van der Waals surface area contributed by atoms with Crippen LogP contribution < -0.4 is 4.74 Å². The van der Waals surface area contributed by atoms with Crippen LogP contribution in [0.2, 0.25) is 0 Å². The van der Waals surface area contributed by atoms with Crippen LogP contribution in [0.3, 0.4) is 0 Å². The van der Waals surface area contributed by atoms with Crippen LogP contribution >= 0.6 is 0 Å². The van der Waals surface area contributed by atoms with E-state index in [-0.39, 0.29) is 18.4 Å². The Hall–Kier alpha value is -4.42. The zero-order chi connectivity index (χ0) is 28.0. The Labute approximate surface area is 225 Å². The van der Waals surface area contributed by atoms with Gasteiger partial charge in [0, 0.05) is 23.9 Å². The number of ether oxygens (including phenoxy) is 1. The second-order valence-electron chi connectivity index (χ2n) is 9.61. The number of imidazole rings is 1. The van der Waals surface area contributed by atoms with Crippen LogP contribution in [-0.2, 0) is 12.7 Å². The van der Waals surface area contributed by atoms with Gasteiger partial charge in [-0.3, -0.25) is 0 Å². The summed E-state index contributed by atoms with van der Waals surface area (Å²) in [6.07, 6.45) is 3.14. The van der Waals surface area contributed by atoms with E-state index >= 15 is 0 Å². The molecule has 4 aromatic heterocycles. The molecule has 1 unspecified atom stereocenters. The number of hydrogen-bond acceptors (Lipinski definition) is 7. The molecule has 0 spiro atoms. The Kier molecular flexibility index (Phi) is 6.43. The second-order valence-corrected chi connectivity index (χ2v) is 9.61. The molecule has 0 bridgehead atoms. The molecule has 0 N–H and O–H groups in total. The minimum atomic E-state index is -4.62. The van der Waals surface area contributed by atoms with Gasteiger partial charge in [-0.15, -0.1) is 0 Å². The minimum Gasteiger partial charge on any atom is -0.480 e. The quantitative estimate of drug-likeness (QED) is 0.230. The van der Waals surface area contributed by atoms with E-state index in [1.54, 1.807) is 48.5 Å². The van der Waals surface area contributed by atoms with Crippen molar-refractivity contribution in [3.63, 3.8) is 0 Å². The molecule has 206 valence electrons. The summed E-state index contributed by atoms with van der Waals surface area (Å²) in [7, 11) is 1.55. The maximum Gasteiger partial charge on any atom is 0.434 e. The molecule has 13 heteroatoms. The zero-order valence-corrected chi connectivity index (χ0v) is 21.6. The van der Waals surface area contributed by atoms with Gasteiger partial charge in [-0.1, -0.05) is 24.3 Å². The summed E-state index contributed by atoms with van der Waals surface area (Å²) >= 11 is 0. The first kappa shape index (κ1) is 25.8. The third kappa shape index (κ3) is 4.65. The molecule has 4 heterocycles. The van der Waals surface area contributed by atoms with Crippen molar-refractivity contribution in [2.45, 2.75) is 44.4 Å². The molecule has 1 atom stereocenters. The average molecular weight is 553 g/mol. The van der Waals surface area contributed by atoms with Crippen LogP contribution in [0.1, 0.15) is 48.7 Å². The van der Waals surface area contributed by atoms with E-state index in [0.29, 0.717) is 34.4 Å². The summed E-state index contributed by atoms with van der Waals surface area (Å²) in [5.41, 5.74) is 2.35. The first-order valence-electron chi connectivity index (χ1n) is 12.7. The number of rotatable bonds is 8. The maximum atomic E-state index is 13.2. The molecule has 0 radical (unpaired) electrons. The lowest BCUT2D eigenvalue weighted by Gasteiger charge is -2.15. The van der Waals surface area contributed by atoms with Crippen molar-refractivity contribution < 1.29 is 22.3 Å². The number of hydrogen-bond donors (Lipinski definition) is 0. The van der Waals surface area contributed by atoms with Crippen molar-refractivity contribution in [3.8, 4) is 28.7 Å². The average Bonchev–Trinajstić information content (AvgIpc) is 3.57. The fraction of sp³-hybridized carbons (Fsp3) is 0.333. The van der Waals surface area contributed by atoms with E-state index in [9.17, 15) is 17.6 Å². The first-order chi connectivity index (χ1) is 19.3. The van der Waals surface area contributed by atoms with Crippen LogP contribution in [0.15, 0.2) is 49.2 Å². The molecule has 1 aromatic carbocycles. The summed E-state index contributed by atoms with van der Waals surface area (Å²) in [6, 6.07) is 6.64. The summed E-state index contributed by atoms with van der Waals surface area (Å²) in [6.45, 7) is 0.906. The molecular formula is C27H24F4N8O. The summed E-state index contributed by atoms with van der Waals surface area (Å²) in [4.78, 5) is 21.8. The van der Waals surface area contributed by atoms with Gasteiger partial charge >= 0.3 is 6.18 Å². The summed E-state index contributed by atoms with van der Waals surface area (Å²) < 4.78 is 61.2. The lowest BCUT2D eigenvalue weighted by molar-refractivity contribution is -0.140. The number of aromatic nitrogens is 8. The maximum absolute atomic E-state index is 13.2. The molecule has 5 aromatic rings. The highest BCUT2D eigenvalue weighted by atomic mass is 19.4. The Morgan fingerprint density at radius 2 is 1.82 bits per heavy atom. The van der Waals surface area contributed by atoms with Crippen LogP contribution in [0.4, 0.5) is 17.6 Å². The molecular weight excluding hydrogens is 528 g/mol. The predicted molar refractivity (Wildman–Crippen MR) is 137 cm³/mol. The fourth-order valence-corrected chi connectivity index (χ4v) is 4.75. The van der Waals surface area contributed by atoms with Gasteiger partial charge in [-0.2, -0.15) is 18.3 Å². The van der Waals surface area contributed by atoms with Crippen molar-refractivity contribution in [1.82, 2.24) is 39.3 Å². The minimum absolute atomic E-state index is 0.0524. The molecule has 0 amide bonds. The third-order valence-electron chi connectivity index (χ3n) is 6.97. The number of benzene rings is 1. The highest BCUT2D eigenvalue weighted by Crippen LogP contribution is 2.45. The highest BCUT2D eigenvalue weighted by Gasteiger charge is 2.35. The Morgan fingerprint density at radius 3 is 2.50 bits per heavy atom. The van der Waals surface area contributed by atoms with Gasteiger partial charge < -0.3 is 9.30 Å². The lowest BCUT2D eigenvalue weighted by atomic mass is 10.1. The molecule has 0 aliphatic heterocycles. The number of halogens is 4. The molecule has 1 aliphatic rings. The number of aryl methyl sites for hydroxylation is 1. The van der Waals surface area contributed by atoms with E-state index in [1.807, 2.05) is 6.92 Å². The first-order valence-corrected chi connectivity index (χ1v) is 12.7. The van der Waals surface area contributed by atoms with Crippen LogP contribution in [0.5, 0.6) is 5.88 Å². The lowest BCUT2D eigenvalue weighted by Crippen LogP contribution is -2.10. The van der Waals surface area contributed by atoms with E-state index in [4.69, 9.17) is 9.72 Å². The Morgan fingerprint density at radius 1 is 1.05 bits per heavy atom. The Balaban J connectivity index is 1.34. The van der Waals surface area contributed by atoms with Gasteiger partial charge in [0.05, 0.1) is 37.0 Å². The van der Waals surface area contributed by atoms with Crippen molar-refractivity contribution in [2.24, 2.45) is 0 Å². The summed E-state index contributed by atoms with van der Waals surface area (Å²) in [5, 5.41) is 5.28. The van der Waals surface area contributed by atoms with E-state index in [0.717, 1.165) is 35.7 Å². The van der Waals surface area contributed by atoms with E-state index in [2.05, 4.69) is 25.0 Å². The van der Waals surface area contributed by atoms with Crippen molar-refractivity contribution >= 4 is 11.0 Å². The van der Waals surface area contributed by atoms with Gasteiger partial charge in [0.25, 0.3) is 0 Å². The van der Waals surface area contributed by atoms with E-state index < -0.39 is 18.5 Å². The van der Waals surface area contributed by atoms with Crippen molar-refractivity contribution in [2.75, 3.05) is 13.8 Å². The van der Waals surface area contributed by atoms with Crippen molar-refractivity contribution in [3.05, 3.63) is 66.1 Å². The largest absolute Gasteiger partial charge is 0.480 e.